The van der Waals surface area contributed by atoms with E-state index in [1.807, 2.05) is 6.92 Å². The zero-order chi connectivity index (χ0) is 14.6. The summed E-state index contributed by atoms with van der Waals surface area (Å²) in [5.41, 5.74) is 6.40. The molecule has 2 rings (SSSR count). The molecule has 0 bridgehead atoms. The number of nitrogen functional groups attached to an aromatic ring is 1. The fourth-order valence-electron chi connectivity index (χ4n) is 1.53. The van der Waals surface area contributed by atoms with E-state index in [9.17, 15) is 8.42 Å². The molecule has 1 heterocycles. The van der Waals surface area contributed by atoms with E-state index in [-0.39, 0.29) is 4.90 Å². The summed E-state index contributed by atoms with van der Waals surface area (Å²) < 4.78 is 31.8. The second kappa shape index (κ2) is 5.79. The second-order valence-electron chi connectivity index (χ2n) is 3.99. The van der Waals surface area contributed by atoms with Crippen LogP contribution in [0.15, 0.2) is 47.5 Å². The number of rotatable bonds is 5. The number of benzene rings is 1. The van der Waals surface area contributed by atoms with Crippen LogP contribution in [0, 0.1) is 0 Å². The van der Waals surface area contributed by atoms with Crippen LogP contribution in [0.25, 0.3) is 0 Å². The van der Waals surface area contributed by atoms with Gasteiger partial charge in [0.05, 0.1) is 23.4 Å². The van der Waals surface area contributed by atoms with Crippen LogP contribution in [0.5, 0.6) is 5.88 Å². The van der Waals surface area contributed by atoms with Crippen molar-refractivity contribution in [2.75, 3.05) is 17.1 Å². The van der Waals surface area contributed by atoms with E-state index < -0.39 is 10.0 Å². The van der Waals surface area contributed by atoms with Gasteiger partial charge in [0, 0.05) is 11.8 Å². The average Bonchev–Trinajstić information content (AvgIpc) is 2.41. The smallest absolute Gasteiger partial charge is 0.261 e. The van der Waals surface area contributed by atoms with Gasteiger partial charge in [0.2, 0.25) is 5.88 Å². The minimum Gasteiger partial charge on any atom is -0.478 e. The van der Waals surface area contributed by atoms with Gasteiger partial charge in [-0.25, -0.2) is 13.4 Å². The Morgan fingerprint density at radius 3 is 2.45 bits per heavy atom. The monoisotopic (exact) mass is 293 g/mol. The SMILES string of the molecule is CCOc1ccc(NS(=O)(=O)c2ccc(N)cc2)cn1. The average molecular weight is 293 g/mol. The first kappa shape index (κ1) is 14.1. The Kier molecular flexibility index (Phi) is 4.09. The number of hydrogen-bond acceptors (Lipinski definition) is 5. The third kappa shape index (κ3) is 3.39. The molecule has 0 saturated heterocycles. The van der Waals surface area contributed by atoms with Gasteiger partial charge in [-0.1, -0.05) is 0 Å². The highest BCUT2D eigenvalue weighted by Gasteiger charge is 2.14. The van der Waals surface area contributed by atoms with E-state index in [2.05, 4.69) is 9.71 Å². The summed E-state index contributed by atoms with van der Waals surface area (Å²) in [6.07, 6.45) is 1.40. The van der Waals surface area contributed by atoms with Crippen molar-refractivity contribution in [1.82, 2.24) is 4.98 Å². The molecule has 7 heteroatoms. The number of nitrogens with one attached hydrogen (secondary N) is 1. The number of nitrogens with zero attached hydrogens (tertiary/aromatic N) is 1. The van der Waals surface area contributed by atoms with Crippen LogP contribution in [-0.4, -0.2) is 20.0 Å². The van der Waals surface area contributed by atoms with Gasteiger partial charge in [0.25, 0.3) is 10.0 Å². The lowest BCUT2D eigenvalue weighted by Gasteiger charge is -2.08. The summed E-state index contributed by atoms with van der Waals surface area (Å²) in [6.45, 7) is 2.35. The van der Waals surface area contributed by atoms with Crippen molar-refractivity contribution in [1.29, 1.82) is 0 Å². The molecule has 106 valence electrons. The Bertz CT molecular complexity index is 667. The Balaban J connectivity index is 2.17. The molecule has 0 atom stereocenters. The summed E-state index contributed by atoms with van der Waals surface area (Å²) in [6, 6.07) is 9.15. The molecule has 0 fully saturated rings. The molecule has 1 aromatic carbocycles. The zero-order valence-electron chi connectivity index (χ0n) is 10.9. The Morgan fingerprint density at radius 1 is 1.20 bits per heavy atom. The first-order valence-corrected chi connectivity index (χ1v) is 7.47. The van der Waals surface area contributed by atoms with E-state index in [1.54, 1.807) is 12.1 Å². The fraction of sp³-hybridized carbons (Fsp3) is 0.154. The van der Waals surface area contributed by atoms with Crippen LogP contribution >= 0.6 is 0 Å². The van der Waals surface area contributed by atoms with Crippen molar-refractivity contribution in [3.8, 4) is 5.88 Å². The maximum Gasteiger partial charge on any atom is 0.261 e. The van der Waals surface area contributed by atoms with Crippen molar-refractivity contribution >= 4 is 21.4 Å². The lowest BCUT2D eigenvalue weighted by molar-refractivity contribution is 0.327. The fourth-order valence-corrected chi connectivity index (χ4v) is 2.58. The number of aromatic nitrogens is 1. The highest BCUT2D eigenvalue weighted by atomic mass is 32.2. The molecule has 0 aliphatic heterocycles. The molecule has 20 heavy (non-hydrogen) atoms. The maximum absolute atomic E-state index is 12.1. The summed E-state index contributed by atoms with van der Waals surface area (Å²) in [7, 11) is -3.64. The van der Waals surface area contributed by atoms with Gasteiger partial charge in [-0.15, -0.1) is 0 Å². The molecule has 0 spiro atoms. The number of anilines is 2. The Labute approximate surface area is 117 Å². The third-order valence-electron chi connectivity index (χ3n) is 2.47. The lowest BCUT2D eigenvalue weighted by atomic mass is 10.3. The third-order valence-corrected chi connectivity index (χ3v) is 3.87. The van der Waals surface area contributed by atoms with Gasteiger partial charge in [-0.05, 0) is 37.3 Å². The number of pyridine rings is 1. The first-order chi connectivity index (χ1) is 9.51. The van der Waals surface area contributed by atoms with Crippen LogP contribution in [-0.2, 0) is 10.0 Å². The molecule has 6 nitrogen and oxygen atoms in total. The van der Waals surface area contributed by atoms with Crippen LogP contribution < -0.4 is 15.2 Å². The molecule has 3 N–H and O–H groups in total. The molecule has 0 radical (unpaired) electrons. The molecule has 0 unspecified atom stereocenters. The zero-order valence-corrected chi connectivity index (χ0v) is 11.7. The van der Waals surface area contributed by atoms with Gasteiger partial charge in [-0.2, -0.15) is 0 Å². The largest absolute Gasteiger partial charge is 0.478 e. The van der Waals surface area contributed by atoms with E-state index in [0.717, 1.165) is 0 Å². The molecule has 0 aliphatic rings. The summed E-state index contributed by atoms with van der Waals surface area (Å²) in [4.78, 5) is 4.13. The van der Waals surface area contributed by atoms with Gasteiger partial charge in [0.15, 0.2) is 0 Å². The first-order valence-electron chi connectivity index (χ1n) is 5.98. The summed E-state index contributed by atoms with van der Waals surface area (Å²) in [5, 5.41) is 0. The summed E-state index contributed by atoms with van der Waals surface area (Å²) >= 11 is 0. The minimum absolute atomic E-state index is 0.139. The number of sulfonamides is 1. The Hall–Kier alpha value is -2.28. The van der Waals surface area contributed by atoms with E-state index in [1.165, 1.54) is 30.5 Å². The quantitative estimate of drug-likeness (QED) is 0.821. The van der Waals surface area contributed by atoms with Crippen molar-refractivity contribution in [3.63, 3.8) is 0 Å². The van der Waals surface area contributed by atoms with Gasteiger partial charge in [-0.3, -0.25) is 4.72 Å². The number of nitrogens with two attached hydrogens (primary N) is 1. The topological polar surface area (TPSA) is 94.3 Å². The maximum atomic E-state index is 12.1. The second-order valence-corrected chi connectivity index (χ2v) is 5.68. The van der Waals surface area contributed by atoms with Gasteiger partial charge in [0.1, 0.15) is 0 Å². The predicted octanol–water partition coefficient (Wildman–Crippen LogP) is 1.86. The number of ether oxygens (including phenoxy) is 1. The normalized spacial score (nSPS) is 11.1. The molecule has 0 saturated carbocycles. The minimum atomic E-state index is -3.64. The van der Waals surface area contributed by atoms with Crippen LogP contribution in [0.1, 0.15) is 6.92 Å². The van der Waals surface area contributed by atoms with Crippen molar-refractivity contribution < 1.29 is 13.2 Å². The van der Waals surface area contributed by atoms with Gasteiger partial charge >= 0.3 is 0 Å². The van der Waals surface area contributed by atoms with Crippen molar-refractivity contribution in [3.05, 3.63) is 42.6 Å². The van der Waals surface area contributed by atoms with Crippen molar-refractivity contribution in [2.24, 2.45) is 0 Å². The predicted molar refractivity (Wildman–Crippen MR) is 77.1 cm³/mol. The van der Waals surface area contributed by atoms with E-state index in [0.29, 0.717) is 23.9 Å². The van der Waals surface area contributed by atoms with E-state index >= 15 is 0 Å². The molecule has 0 amide bonds. The standard InChI is InChI=1S/C13H15N3O3S/c1-2-19-13-8-5-11(9-15-13)16-20(17,18)12-6-3-10(14)4-7-12/h3-9,16H,2,14H2,1H3. The summed E-state index contributed by atoms with van der Waals surface area (Å²) in [5.74, 6) is 0.447. The number of hydrogen-bond donors (Lipinski definition) is 2. The molecular weight excluding hydrogens is 278 g/mol. The lowest BCUT2D eigenvalue weighted by Crippen LogP contribution is -2.13. The molecule has 0 aliphatic carbocycles. The molecular formula is C13H15N3O3S. The van der Waals surface area contributed by atoms with Crippen LogP contribution in [0.3, 0.4) is 0 Å². The van der Waals surface area contributed by atoms with Crippen LogP contribution in [0.2, 0.25) is 0 Å². The molecule has 1 aromatic heterocycles. The molecule has 2 aromatic rings. The van der Waals surface area contributed by atoms with Gasteiger partial charge < -0.3 is 10.5 Å². The Morgan fingerprint density at radius 2 is 1.90 bits per heavy atom. The van der Waals surface area contributed by atoms with Crippen LogP contribution in [0.4, 0.5) is 11.4 Å². The van der Waals surface area contributed by atoms with Crippen molar-refractivity contribution in [2.45, 2.75) is 11.8 Å². The highest BCUT2D eigenvalue weighted by molar-refractivity contribution is 7.92. The highest BCUT2D eigenvalue weighted by Crippen LogP contribution is 2.18. The van der Waals surface area contributed by atoms with E-state index in [4.69, 9.17) is 10.5 Å².